The number of nitrogens with one attached hydrogen (secondary N) is 1. The molecule has 2 rings (SSSR count). The molecule has 5 nitrogen and oxygen atoms in total. The van der Waals surface area contributed by atoms with Crippen molar-refractivity contribution in [2.45, 2.75) is 26.4 Å². The first-order chi connectivity index (χ1) is 12.7. The molecule has 0 aliphatic rings. The van der Waals surface area contributed by atoms with Crippen LogP contribution in [0.4, 0.5) is 4.79 Å². The van der Waals surface area contributed by atoms with Crippen molar-refractivity contribution < 1.29 is 19.1 Å². The number of hydrogen-bond acceptors (Lipinski definition) is 4. The monoisotopic (exact) mass is 409 g/mol. The number of benzene rings is 2. The SMILES string of the molecule is CC(C)(C)OC(=O)NCCOc1cc(C=O)cc(-c2cccc(Cl)c2Cl)c1. The van der Waals surface area contributed by atoms with Crippen molar-refractivity contribution >= 4 is 35.6 Å². The summed E-state index contributed by atoms with van der Waals surface area (Å²) in [5.74, 6) is 0.483. The summed E-state index contributed by atoms with van der Waals surface area (Å²) in [5, 5.41) is 3.43. The molecule has 0 radical (unpaired) electrons. The molecule has 1 N–H and O–H groups in total. The highest BCUT2D eigenvalue weighted by Crippen LogP contribution is 2.35. The maximum Gasteiger partial charge on any atom is 0.407 e. The zero-order valence-corrected chi connectivity index (χ0v) is 16.9. The molecule has 2 aromatic rings. The molecule has 0 aliphatic heterocycles. The molecule has 0 unspecified atom stereocenters. The van der Waals surface area contributed by atoms with Gasteiger partial charge in [0.1, 0.15) is 24.2 Å². The molecule has 7 heteroatoms. The molecule has 0 aliphatic carbocycles. The molecule has 0 atom stereocenters. The Balaban J connectivity index is 2.06. The number of halogens is 2. The average molecular weight is 410 g/mol. The maximum absolute atomic E-state index is 11.6. The number of hydrogen-bond donors (Lipinski definition) is 1. The largest absolute Gasteiger partial charge is 0.492 e. The highest BCUT2D eigenvalue weighted by Gasteiger charge is 2.15. The Morgan fingerprint density at radius 1 is 1.19 bits per heavy atom. The van der Waals surface area contributed by atoms with Crippen molar-refractivity contribution in [1.82, 2.24) is 5.32 Å². The quantitative estimate of drug-likeness (QED) is 0.513. The molecular weight excluding hydrogens is 389 g/mol. The Hall–Kier alpha value is -2.24. The number of aldehydes is 1. The second-order valence-corrected chi connectivity index (χ2v) is 7.57. The molecule has 0 saturated heterocycles. The first-order valence-electron chi connectivity index (χ1n) is 8.34. The number of carbonyl (C=O) groups is 2. The molecule has 2 aromatic carbocycles. The summed E-state index contributed by atoms with van der Waals surface area (Å²) in [5.41, 5.74) is 1.29. The molecular formula is C20H21Cl2NO4. The molecule has 0 aromatic heterocycles. The van der Waals surface area contributed by atoms with Gasteiger partial charge in [-0.05, 0) is 50.6 Å². The fraction of sp³-hybridized carbons (Fsp3) is 0.300. The second kappa shape index (κ2) is 9.11. The van der Waals surface area contributed by atoms with Gasteiger partial charge in [0.05, 0.1) is 16.6 Å². The lowest BCUT2D eigenvalue weighted by Crippen LogP contribution is -2.34. The molecule has 1 amide bonds. The van der Waals surface area contributed by atoms with E-state index in [2.05, 4.69) is 5.32 Å². The fourth-order valence-corrected chi connectivity index (χ4v) is 2.70. The van der Waals surface area contributed by atoms with Crippen molar-refractivity contribution in [3.05, 3.63) is 52.0 Å². The van der Waals surface area contributed by atoms with Gasteiger partial charge in [0.25, 0.3) is 0 Å². The van der Waals surface area contributed by atoms with Gasteiger partial charge in [0.15, 0.2) is 0 Å². The summed E-state index contributed by atoms with van der Waals surface area (Å²) < 4.78 is 10.8. The summed E-state index contributed by atoms with van der Waals surface area (Å²) in [6, 6.07) is 10.4. The lowest BCUT2D eigenvalue weighted by atomic mass is 10.0. The number of rotatable bonds is 6. The van der Waals surface area contributed by atoms with Crippen LogP contribution in [0.25, 0.3) is 11.1 Å². The number of amides is 1. The molecule has 0 bridgehead atoms. The molecule has 144 valence electrons. The van der Waals surface area contributed by atoms with Gasteiger partial charge in [-0.3, -0.25) is 4.79 Å². The average Bonchev–Trinajstić information content (AvgIpc) is 2.59. The Morgan fingerprint density at radius 2 is 1.93 bits per heavy atom. The van der Waals surface area contributed by atoms with E-state index in [1.54, 1.807) is 51.1 Å². The van der Waals surface area contributed by atoms with Gasteiger partial charge in [-0.1, -0.05) is 35.3 Å². The molecule has 0 saturated carbocycles. The van der Waals surface area contributed by atoms with Crippen molar-refractivity contribution in [3.8, 4) is 16.9 Å². The van der Waals surface area contributed by atoms with Crippen molar-refractivity contribution in [1.29, 1.82) is 0 Å². The van der Waals surface area contributed by atoms with Gasteiger partial charge in [0.2, 0.25) is 0 Å². The van der Waals surface area contributed by atoms with Gasteiger partial charge in [-0.2, -0.15) is 0 Å². The Morgan fingerprint density at radius 3 is 2.59 bits per heavy atom. The van der Waals surface area contributed by atoms with Crippen molar-refractivity contribution in [2.75, 3.05) is 13.2 Å². The Labute approximate surface area is 168 Å². The highest BCUT2D eigenvalue weighted by molar-refractivity contribution is 6.43. The molecule has 0 spiro atoms. The van der Waals surface area contributed by atoms with Crippen LogP contribution in [0.15, 0.2) is 36.4 Å². The summed E-state index contributed by atoms with van der Waals surface area (Å²) in [4.78, 5) is 22.9. The van der Waals surface area contributed by atoms with E-state index in [0.717, 1.165) is 6.29 Å². The molecule has 0 fully saturated rings. The van der Waals surface area contributed by atoms with E-state index in [9.17, 15) is 9.59 Å². The molecule has 0 heterocycles. The standard InChI is InChI=1S/C20H21Cl2NO4/c1-20(2,3)27-19(25)23-7-8-26-15-10-13(12-24)9-14(11-15)16-5-4-6-17(21)18(16)22/h4-6,9-12H,7-8H2,1-3H3,(H,23,25). The maximum atomic E-state index is 11.6. The topological polar surface area (TPSA) is 64.6 Å². The van der Waals surface area contributed by atoms with Gasteiger partial charge in [-0.15, -0.1) is 0 Å². The first kappa shape index (κ1) is 21.1. The Bertz CT molecular complexity index is 831. The van der Waals surface area contributed by atoms with Gasteiger partial charge < -0.3 is 14.8 Å². The van der Waals surface area contributed by atoms with E-state index in [4.69, 9.17) is 32.7 Å². The van der Waals surface area contributed by atoms with Crippen LogP contribution < -0.4 is 10.1 Å². The van der Waals surface area contributed by atoms with Gasteiger partial charge >= 0.3 is 6.09 Å². The fourth-order valence-electron chi connectivity index (χ4n) is 2.29. The lowest BCUT2D eigenvalue weighted by molar-refractivity contribution is 0.0520. The summed E-state index contributed by atoms with van der Waals surface area (Å²) in [6.07, 6.45) is 0.215. The lowest BCUT2D eigenvalue weighted by Gasteiger charge is -2.19. The van der Waals surface area contributed by atoms with Gasteiger partial charge in [-0.25, -0.2) is 4.79 Å². The first-order valence-corrected chi connectivity index (χ1v) is 9.09. The van der Waals surface area contributed by atoms with Gasteiger partial charge in [0, 0.05) is 11.1 Å². The van der Waals surface area contributed by atoms with Crippen LogP contribution >= 0.6 is 23.2 Å². The van der Waals surface area contributed by atoms with E-state index in [0.29, 0.717) is 32.5 Å². The summed E-state index contributed by atoms with van der Waals surface area (Å²) in [6.45, 7) is 5.83. The van der Waals surface area contributed by atoms with Crippen LogP contribution in [0, 0.1) is 0 Å². The third-order valence-corrected chi connectivity index (χ3v) is 4.19. The number of carbonyl (C=O) groups excluding carboxylic acids is 2. The number of ether oxygens (including phenoxy) is 2. The third-order valence-electron chi connectivity index (χ3n) is 3.37. The van der Waals surface area contributed by atoms with E-state index in [-0.39, 0.29) is 13.2 Å². The summed E-state index contributed by atoms with van der Waals surface area (Å²) in [7, 11) is 0. The van der Waals surface area contributed by atoms with Crippen LogP contribution in [-0.2, 0) is 4.74 Å². The van der Waals surface area contributed by atoms with E-state index in [1.807, 2.05) is 6.07 Å². The Kier molecular flexibility index (Phi) is 7.11. The van der Waals surface area contributed by atoms with Crippen LogP contribution in [-0.4, -0.2) is 31.1 Å². The highest BCUT2D eigenvalue weighted by atomic mass is 35.5. The number of alkyl carbamates (subject to hydrolysis) is 1. The third kappa shape index (κ3) is 6.45. The summed E-state index contributed by atoms with van der Waals surface area (Å²) >= 11 is 12.3. The minimum atomic E-state index is -0.561. The molecule has 27 heavy (non-hydrogen) atoms. The predicted octanol–water partition coefficient (Wildman–Crippen LogP) is 5.38. The zero-order chi connectivity index (χ0) is 20.0. The minimum absolute atomic E-state index is 0.213. The van der Waals surface area contributed by atoms with Crippen LogP contribution in [0.5, 0.6) is 5.75 Å². The minimum Gasteiger partial charge on any atom is -0.492 e. The van der Waals surface area contributed by atoms with Crippen molar-refractivity contribution in [3.63, 3.8) is 0 Å². The van der Waals surface area contributed by atoms with E-state index >= 15 is 0 Å². The normalized spacial score (nSPS) is 11.0. The van der Waals surface area contributed by atoms with E-state index in [1.165, 1.54) is 0 Å². The van der Waals surface area contributed by atoms with Crippen molar-refractivity contribution in [2.24, 2.45) is 0 Å². The zero-order valence-electron chi connectivity index (χ0n) is 15.3. The van der Waals surface area contributed by atoms with E-state index < -0.39 is 11.7 Å². The van der Waals surface area contributed by atoms with Crippen LogP contribution in [0.3, 0.4) is 0 Å². The van der Waals surface area contributed by atoms with Crippen LogP contribution in [0.2, 0.25) is 10.0 Å². The van der Waals surface area contributed by atoms with Crippen LogP contribution in [0.1, 0.15) is 31.1 Å². The second-order valence-electron chi connectivity index (χ2n) is 6.79. The smallest absolute Gasteiger partial charge is 0.407 e. The predicted molar refractivity (Wildman–Crippen MR) is 107 cm³/mol.